The predicted octanol–water partition coefficient (Wildman–Crippen LogP) is 1.19. The Morgan fingerprint density at radius 2 is 1.50 bits per heavy atom. The van der Waals surface area contributed by atoms with Crippen LogP contribution < -0.4 is 0 Å². The summed E-state index contributed by atoms with van der Waals surface area (Å²) in [4.78, 5) is 0. The van der Waals surface area contributed by atoms with Crippen LogP contribution >= 0.6 is 0 Å². The number of hydrogen-bond acceptors (Lipinski definition) is 0. The van der Waals surface area contributed by atoms with Crippen molar-refractivity contribution in [3.8, 4) is 0 Å². The Balaban J connectivity index is 0. The van der Waals surface area contributed by atoms with Crippen LogP contribution in [-0.4, -0.2) is 33.8 Å². The van der Waals surface area contributed by atoms with Gasteiger partial charge in [0.2, 0.25) is 0 Å². The second kappa shape index (κ2) is 9.45. The van der Waals surface area contributed by atoms with Crippen molar-refractivity contribution in [2.24, 2.45) is 0 Å². The van der Waals surface area contributed by atoms with E-state index in [-0.39, 0.29) is 18.9 Å². The second-order valence-electron chi connectivity index (χ2n) is 0.781. The van der Waals surface area contributed by atoms with Crippen LogP contribution in [-0.2, 0) is 0 Å². The molecule has 0 aromatic carbocycles. The molecule has 0 spiro atoms. The topological polar surface area (TPSA) is 0 Å². The van der Waals surface area contributed by atoms with Gasteiger partial charge in [-0.3, -0.25) is 0 Å². The molecule has 1 radical (unpaired) electrons. The summed E-state index contributed by atoms with van der Waals surface area (Å²) in [5, 5.41) is 2.81. The van der Waals surface area contributed by atoms with Gasteiger partial charge in [-0.1, -0.05) is 0 Å². The predicted molar refractivity (Wildman–Crippen MR) is 32.5 cm³/mol. The number of hydrogen-bond donors (Lipinski definition) is 0. The summed E-state index contributed by atoms with van der Waals surface area (Å²) >= 11 is 0.958. The SMILES string of the molecule is CC[Se]CC.[Li]. The van der Waals surface area contributed by atoms with Crippen LogP contribution in [0.25, 0.3) is 0 Å². The summed E-state index contributed by atoms with van der Waals surface area (Å²) < 4.78 is 0. The van der Waals surface area contributed by atoms with E-state index in [1.807, 2.05) is 0 Å². The minimum Gasteiger partial charge on any atom is 0 e. The normalized spacial score (nSPS) is 7.00. The first kappa shape index (κ1) is 10.2. The number of rotatable bonds is 2. The van der Waals surface area contributed by atoms with Gasteiger partial charge >= 0.3 is 39.4 Å². The molecule has 0 rings (SSSR count). The molecule has 0 aliphatic rings. The summed E-state index contributed by atoms with van der Waals surface area (Å²) in [6.07, 6.45) is 0. The molecule has 0 saturated heterocycles. The Labute approximate surface area is 58.4 Å². The molecular formula is C4H10LiSe. The maximum Gasteiger partial charge on any atom is 0 e. The van der Waals surface area contributed by atoms with Gasteiger partial charge in [0.1, 0.15) is 0 Å². The molecule has 0 bridgehead atoms. The van der Waals surface area contributed by atoms with Crippen molar-refractivity contribution in [1.29, 1.82) is 0 Å². The van der Waals surface area contributed by atoms with Crippen molar-refractivity contribution in [3.05, 3.63) is 0 Å². The Kier molecular flexibility index (Phi) is 16.0. The zero-order valence-electron chi connectivity index (χ0n) is 4.82. The molecule has 0 nitrogen and oxygen atoms in total. The van der Waals surface area contributed by atoms with Gasteiger partial charge in [0, 0.05) is 18.9 Å². The summed E-state index contributed by atoms with van der Waals surface area (Å²) in [7, 11) is 0. The fourth-order valence-electron chi connectivity index (χ4n) is 0.204. The third kappa shape index (κ3) is 8.93. The van der Waals surface area contributed by atoms with Crippen molar-refractivity contribution < 1.29 is 0 Å². The summed E-state index contributed by atoms with van der Waals surface area (Å²) in [6.45, 7) is 4.48. The molecular weight excluding hydrogens is 134 g/mol. The summed E-state index contributed by atoms with van der Waals surface area (Å²) in [5.74, 6) is 0. The molecule has 0 aromatic rings. The zero-order chi connectivity index (χ0) is 4.12. The molecule has 0 atom stereocenters. The van der Waals surface area contributed by atoms with Crippen LogP contribution in [0.1, 0.15) is 13.8 Å². The van der Waals surface area contributed by atoms with Gasteiger partial charge < -0.3 is 0 Å². The molecule has 0 saturated carbocycles. The minimum atomic E-state index is 0. The van der Waals surface area contributed by atoms with Crippen molar-refractivity contribution in [3.63, 3.8) is 0 Å². The van der Waals surface area contributed by atoms with Gasteiger partial charge in [-0.25, -0.2) is 0 Å². The largest absolute Gasteiger partial charge is 0 e. The van der Waals surface area contributed by atoms with E-state index in [9.17, 15) is 0 Å². The molecule has 6 heavy (non-hydrogen) atoms. The standard InChI is InChI=1S/C4H10Se.Li/c1-3-5-4-2;/h3-4H2,1-2H3;. The Bertz CT molecular complexity index is 15.0. The first-order valence-corrected chi connectivity index (χ1v) is 4.41. The van der Waals surface area contributed by atoms with Crippen LogP contribution in [0.3, 0.4) is 0 Å². The Morgan fingerprint density at radius 1 is 1.17 bits per heavy atom. The van der Waals surface area contributed by atoms with E-state index in [2.05, 4.69) is 13.8 Å². The van der Waals surface area contributed by atoms with E-state index in [4.69, 9.17) is 0 Å². The molecule has 0 unspecified atom stereocenters. The van der Waals surface area contributed by atoms with Crippen molar-refractivity contribution >= 4 is 33.8 Å². The smallest absolute Gasteiger partial charge is 0 e. The zero-order valence-corrected chi connectivity index (χ0v) is 6.54. The fraction of sp³-hybridized carbons (Fsp3) is 1.00. The molecule has 0 fully saturated rings. The van der Waals surface area contributed by atoms with Crippen molar-refractivity contribution in [2.45, 2.75) is 24.5 Å². The molecule has 2 heteroatoms. The summed E-state index contributed by atoms with van der Waals surface area (Å²) in [6, 6.07) is 0. The first-order chi connectivity index (χ1) is 2.41. The van der Waals surface area contributed by atoms with Gasteiger partial charge in [-0.2, -0.15) is 0 Å². The average Bonchev–Trinajstić information content (AvgIpc) is 1.41. The molecule has 33 valence electrons. The third-order valence-electron chi connectivity index (χ3n) is 0.408. The van der Waals surface area contributed by atoms with E-state index in [0.29, 0.717) is 0 Å². The Morgan fingerprint density at radius 3 is 1.50 bits per heavy atom. The molecule has 0 aromatic heterocycles. The van der Waals surface area contributed by atoms with Crippen molar-refractivity contribution in [1.82, 2.24) is 0 Å². The molecule has 0 heterocycles. The molecule has 0 N–H and O–H groups in total. The van der Waals surface area contributed by atoms with Crippen LogP contribution in [0.15, 0.2) is 0 Å². The molecule has 0 aliphatic heterocycles. The quantitative estimate of drug-likeness (QED) is 0.510. The van der Waals surface area contributed by atoms with E-state index >= 15 is 0 Å². The molecule has 0 amide bonds. The van der Waals surface area contributed by atoms with Crippen LogP contribution in [0.5, 0.6) is 0 Å². The van der Waals surface area contributed by atoms with Gasteiger partial charge in [0.25, 0.3) is 0 Å². The van der Waals surface area contributed by atoms with Crippen LogP contribution in [0.4, 0.5) is 0 Å². The average molecular weight is 144 g/mol. The van der Waals surface area contributed by atoms with E-state index < -0.39 is 0 Å². The van der Waals surface area contributed by atoms with E-state index in [0.717, 1.165) is 15.0 Å². The minimum absolute atomic E-state index is 0. The fourth-order valence-corrected chi connectivity index (χ4v) is 1.06. The van der Waals surface area contributed by atoms with Crippen LogP contribution in [0.2, 0.25) is 10.6 Å². The second-order valence-corrected chi connectivity index (χ2v) is 4.06. The van der Waals surface area contributed by atoms with Gasteiger partial charge in [0.05, 0.1) is 0 Å². The third-order valence-corrected chi connectivity index (χ3v) is 2.12. The maximum absolute atomic E-state index is 2.24. The van der Waals surface area contributed by atoms with E-state index in [1.165, 1.54) is 10.6 Å². The van der Waals surface area contributed by atoms with Gasteiger partial charge in [-0.05, 0) is 0 Å². The van der Waals surface area contributed by atoms with Crippen molar-refractivity contribution in [2.75, 3.05) is 0 Å². The summed E-state index contributed by atoms with van der Waals surface area (Å²) in [5.41, 5.74) is 0. The monoisotopic (exact) mass is 145 g/mol. The first-order valence-electron chi connectivity index (χ1n) is 1.99. The molecule has 0 aliphatic carbocycles. The van der Waals surface area contributed by atoms with E-state index in [1.54, 1.807) is 0 Å². The van der Waals surface area contributed by atoms with Gasteiger partial charge in [0.15, 0.2) is 0 Å². The van der Waals surface area contributed by atoms with Crippen LogP contribution in [0, 0.1) is 0 Å². The van der Waals surface area contributed by atoms with Gasteiger partial charge in [-0.15, -0.1) is 0 Å². The Hall–Kier alpha value is 1.12. The maximum atomic E-state index is 2.24.